The van der Waals surface area contributed by atoms with E-state index in [1.165, 1.54) is 0 Å². The SMILES string of the molecule is N#Cc1cccc(C2CCNCC2)c1N. The van der Waals surface area contributed by atoms with Gasteiger partial charge in [0.2, 0.25) is 0 Å². The summed E-state index contributed by atoms with van der Waals surface area (Å²) in [6.07, 6.45) is 2.22. The number of hydrogen-bond acceptors (Lipinski definition) is 3. The van der Waals surface area contributed by atoms with Gasteiger partial charge in [-0.15, -0.1) is 0 Å². The van der Waals surface area contributed by atoms with Gasteiger partial charge >= 0.3 is 0 Å². The maximum atomic E-state index is 8.90. The fraction of sp³-hybridized carbons (Fsp3) is 0.417. The van der Waals surface area contributed by atoms with E-state index < -0.39 is 0 Å². The fourth-order valence-corrected chi connectivity index (χ4v) is 2.17. The third-order valence-electron chi connectivity index (χ3n) is 3.04. The number of anilines is 1. The zero-order valence-electron chi connectivity index (χ0n) is 8.66. The monoisotopic (exact) mass is 201 g/mol. The molecule has 0 saturated carbocycles. The highest BCUT2D eigenvalue weighted by atomic mass is 14.9. The molecule has 15 heavy (non-hydrogen) atoms. The normalized spacial score (nSPS) is 17.3. The van der Waals surface area contributed by atoms with E-state index >= 15 is 0 Å². The number of para-hydroxylation sites is 1. The van der Waals surface area contributed by atoms with E-state index in [0.29, 0.717) is 17.2 Å². The van der Waals surface area contributed by atoms with Crippen molar-refractivity contribution in [3.05, 3.63) is 29.3 Å². The minimum absolute atomic E-state index is 0.513. The van der Waals surface area contributed by atoms with Crippen LogP contribution in [-0.4, -0.2) is 13.1 Å². The van der Waals surface area contributed by atoms with E-state index in [4.69, 9.17) is 11.0 Å². The molecule has 3 heteroatoms. The molecule has 0 unspecified atom stereocenters. The summed E-state index contributed by atoms with van der Waals surface area (Å²) in [4.78, 5) is 0. The summed E-state index contributed by atoms with van der Waals surface area (Å²) < 4.78 is 0. The average Bonchev–Trinajstić information content (AvgIpc) is 2.30. The van der Waals surface area contributed by atoms with Crippen LogP contribution in [0.5, 0.6) is 0 Å². The largest absolute Gasteiger partial charge is 0.397 e. The van der Waals surface area contributed by atoms with E-state index in [2.05, 4.69) is 11.4 Å². The molecule has 0 bridgehead atoms. The second-order valence-corrected chi connectivity index (χ2v) is 3.94. The molecule has 0 amide bonds. The van der Waals surface area contributed by atoms with Crippen molar-refractivity contribution in [2.45, 2.75) is 18.8 Å². The predicted octanol–water partition coefficient (Wildman–Crippen LogP) is 1.61. The van der Waals surface area contributed by atoms with E-state index in [1.807, 2.05) is 12.1 Å². The lowest BCUT2D eigenvalue weighted by Gasteiger charge is -2.24. The lowest BCUT2D eigenvalue weighted by atomic mass is 9.88. The van der Waals surface area contributed by atoms with Gasteiger partial charge in [-0.2, -0.15) is 5.26 Å². The van der Waals surface area contributed by atoms with Gasteiger partial charge < -0.3 is 11.1 Å². The van der Waals surface area contributed by atoms with Crippen LogP contribution in [0.4, 0.5) is 5.69 Å². The zero-order valence-corrected chi connectivity index (χ0v) is 8.66. The molecule has 0 aromatic heterocycles. The van der Waals surface area contributed by atoms with Crippen molar-refractivity contribution in [3.8, 4) is 6.07 Å². The smallest absolute Gasteiger partial charge is 0.101 e. The summed E-state index contributed by atoms with van der Waals surface area (Å²) in [6.45, 7) is 2.09. The molecule has 1 heterocycles. The highest BCUT2D eigenvalue weighted by Gasteiger charge is 2.18. The average molecular weight is 201 g/mol. The van der Waals surface area contributed by atoms with Crippen LogP contribution in [0.15, 0.2) is 18.2 Å². The van der Waals surface area contributed by atoms with Gasteiger partial charge in [0.15, 0.2) is 0 Å². The summed E-state index contributed by atoms with van der Waals surface area (Å²) in [7, 11) is 0. The summed E-state index contributed by atoms with van der Waals surface area (Å²) in [5, 5.41) is 12.2. The molecule has 0 atom stereocenters. The lowest BCUT2D eigenvalue weighted by molar-refractivity contribution is 0.461. The molecule has 1 aliphatic heterocycles. The number of nitrogens with one attached hydrogen (secondary N) is 1. The highest BCUT2D eigenvalue weighted by Crippen LogP contribution is 2.31. The van der Waals surface area contributed by atoms with Gasteiger partial charge in [0.25, 0.3) is 0 Å². The van der Waals surface area contributed by atoms with Crippen LogP contribution in [0, 0.1) is 11.3 Å². The Labute approximate surface area is 89.9 Å². The molecular weight excluding hydrogens is 186 g/mol. The van der Waals surface area contributed by atoms with Crippen molar-refractivity contribution in [1.29, 1.82) is 5.26 Å². The van der Waals surface area contributed by atoms with Gasteiger partial charge in [0.05, 0.1) is 11.3 Å². The van der Waals surface area contributed by atoms with Crippen LogP contribution in [0.3, 0.4) is 0 Å². The second kappa shape index (κ2) is 4.33. The van der Waals surface area contributed by atoms with Gasteiger partial charge in [-0.05, 0) is 43.5 Å². The van der Waals surface area contributed by atoms with Crippen molar-refractivity contribution < 1.29 is 0 Å². The Morgan fingerprint density at radius 3 is 2.73 bits per heavy atom. The first kappa shape index (κ1) is 10.0. The van der Waals surface area contributed by atoms with E-state index in [1.54, 1.807) is 6.07 Å². The van der Waals surface area contributed by atoms with Crippen molar-refractivity contribution in [2.75, 3.05) is 18.8 Å². The number of benzene rings is 1. The molecule has 0 spiro atoms. The molecule has 0 radical (unpaired) electrons. The van der Waals surface area contributed by atoms with Gasteiger partial charge in [-0.25, -0.2) is 0 Å². The number of piperidine rings is 1. The third kappa shape index (κ3) is 1.95. The first-order valence-electron chi connectivity index (χ1n) is 5.32. The number of nitrogen functional groups attached to an aromatic ring is 1. The lowest BCUT2D eigenvalue weighted by Crippen LogP contribution is -2.27. The van der Waals surface area contributed by atoms with E-state index in [9.17, 15) is 0 Å². The first-order chi connectivity index (χ1) is 7.33. The standard InChI is InChI=1S/C12H15N3/c13-8-10-2-1-3-11(12(10)14)9-4-6-15-7-5-9/h1-3,9,15H,4-7,14H2. The first-order valence-corrected chi connectivity index (χ1v) is 5.32. The van der Waals surface area contributed by atoms with Crippen LogP contribution in [0.2, 0.25) is 0 Å². The van der Waals surface area contributed by atoms with E-state index in [0.717, 1.165) is 31.5 Å². The molecule has 2 rings (SSSR count). The van der Waals surface area contributed by atoms with Crippen LogP contribution >= 0.6 is 0 Å². The summed E-state index contributed by atoms with van der Waals surface area (Å²) in [5.41, 5.74) is 8.41. The number of nitriles is 1. The highest BCUT2D eigenvalue weighted by molar-refractivity contribution is 5.60. The Hall–Kier alpha value is -1.53. The molecule has 3 nitrogen and oxygen atoms in total. The van der Waals surface area contributed by atoms with Crippen molar-refractivity contribution >= 4 is 5.69 Å². The number of nitrogens with zero attached hydrogens (tertiary/aromatic N) is 1. The summed E-state index contributed by atoms with van der Waals surface area (Å²) >= 11 is 0. The molecule has 1 fully saturated rings. The van der Waals surface area contributed by atoms with Gasteiger partial charge in [-0.1, -0.05) is 12.1 Å². The molecule has 3 N–H and O–H groups in total. The number of hydrogen-bond donors (Lipinski definition) is 2. The Morgan fingerprint density at radius 1 is 1.33 bits per heavy atom. The maximum absolute atomic E-state index is 8.90. The minimum Gasteiger partial charge on any atom is -0.397 e. The minimum atomic E-state index is 0.513. The molecule has 1 aromatic rings. The summed E-state index contributed by atoms with van der Waals surface area (Å²) in [6, 6.07) is 7.88. The third-order valence-corrected chi connectivity index (χ3v) is 3.04. The molecule has 1 saturated heterocycles. The van der Waals surface area contributed by atoms with Gasteiger partial charge in [0.1, 0.15) is 6.07 Å². The van der Waals surface area contributed by atoms with E-state index in [-0.39, 0.29) is 0 Å². The molecule has 1 aromatic carbocycles. The van der Waals surface area contributed by atoms with Crippen molar-refractivity contribution in [1.82, 2.24) is 5.32 Å². The molecule has 0 aliphatic carbocycles. The topological polar surface area (TPSA) is 61.8 Å². The number of nitrogens with two attached hydrogens (primary N) is 1. The van der Waals surface area contributed by atoms with Crippen molar-refractivity contribution in [3.63, 3.8) is 0 Å². The Kier molecular flexibility index (Phi) is 2.89. The van der Waals surface area contributed by atoms with Crippen LogP contribution in [0.1, 0.15) is 29.9 Å². The van der Waals surface area contributed by atoms with Gasteiger partial charge in [-0.3, -0.25) is 0 Å². The second-order valence-electron chi connectivity index (χ2n) is 3.94. The van der Waals surface area contributed by atoms with Crippen LogP contribution in [0.25, 0.3) is 0 Å². The summed E-state index contributed by atoms with van der Waals surface area (Å²) in [5.74, 6) is 0.513. The number of rotatable bonds is 1. The Morgan fingerprint density at radius 2 is 2.07 bits per heavy atom. The fourth-order valence-electron chi connectivity index (χ4n) is 2.17. The van der Waals surface area contributed by atoms with Crippen LogP contribution < -0.4 is 11.1 Å². The van der Waals surface area contributed by atoms with Gasteiger partial charge in [0, 0.05) is 0 Å². The quantitative estimate of drug-likeness (QED) is 0.678. The van der Waals surface area contributed by atoms with Crippen LogP contribution in [-0.2, 0) is 0 Å². The molecule has 1 aliphatic rings. The maximum Gasteiger partial charge on any atom is 0.101 e. The Balaban J connectivity index is 2.31. The zero-order chi connectivity index (χ0) is 10.7. The molecular formula is C12H15N3. The predicted molar refractivity (Wildman–Crippen MR) is 60.4 cm³/mol. The van der Waals surface area contributed by atoms with Crippen molar-refractivity contribution in [2.24, 2.45) is 0 Å². The Bertz CT molecular complexity index is 386. The molecule has 78 valence electrons.